The van der Waals surface area contributed by atoms with Gasteiger partial charge in [-0.3, -0.25) is 14.3 Å². The fraction of sp³-hybridized carbons (Fsp3) is 0.583. The van der Waals surface area contributed by atoms with Crippen molar-refractivity contribution >= 4 is 29.3 Å². The maximum atomic E-state index is 11.8. The molecule has 0 aliphatic carbocycles. The van der Waals surface area contributed by atoms with Crippen molar-refractivity contribution in [2.24, 2.45) is 7.05 Å². The van der Waals surface area contributed by atoms with Gasteiger partial charge < -0.3 is 10.4 Å². The highest BCUT2D eigenvalue weighted by atomic mass is 32.2. The number of aryl methyl sites for hydroxylation is 2. The number of aromatic nitrogens is 2. The summed E-state index contributed by atoms with van der Waals surface area (Å²) in [4.78, 5) is 22.8. The predicted molar refractivity (Wildman–Crippen MR) is 75.5 cm³/mol. The summed E-state index contributed by atoms with van der Waals surface area (Å²) in [5.74, 6) is -1.06. The summed E-state index contributed by atoms with van der Waals surface area (Å²) in [5, 5.41) is 15.9. The Bertz CT molecular complexity index is 509. The lowest BCUT2D eigenvalue weighted by Crippen LogP contribution is -2.29. The SMILES string of the molecule is Cc1nn(C)c(C)c1NC(=O)CSC(C)(C)C(=O)O. The molecule has 1 aromatic rings. The molecule has 0 saturated heterocycles. The summed E-state index contributed by atoms with van der Waals surface area (Å²) in [6.45, 7) is 6.84. The Kier molecular flexibility index (Phi) is 4.62. The van der Waals surface area contributed by atoms with Crippen molar-refractivity contribution in [1.29, 1.82) is 0 Å². The fourth-order valence-corrected chi connectivity index (χ4v) is 2.13. The van der Waals surface area contributed by atoms with Gasteiger partial charge in [-0.05, 0) is 27.7 Å². The van der Waals surface area contributed by atoms with E-state index < -0.39 is 10.7 Å². The highest BCUT2D eigenvalue weighted by Crippen LogP contribution is 2.25. The number of nitrogens with one attached hydrogen (secondary N) is 1. The molecule has 0 fully saturated rings. The number of hydrogen-bond acceptors (Lipinski definition) is 4. The van der Waals surface area contributed by atoms with Crippen LogP contribution in [0.25, 0.3) is 0 Å². The van der Waals surface area contributed by atoms with E-state index in [1.807, 2.05) is 13.8 Å². The molecule has 6 nitrogen and oxygen atoms in total. The monoisotopic (exact) mass is 285 g/mol. The number of hydrogen-bond donors (Lipinski definition) is 2. The van der Waals surface area contributed by atoms with Gasteiger partial charge in [0, 0.05) is 7.05 Å². The smallest absolute Gasteiger partial charge is 0.319 e. The molecule has 0 saturated carbocycles. The number of amides is 1. The molecule has 0 spiro atoms. The van der Waals surface area contributed by atoms with Gasteiger partial charge >= 0.3 is 5.97 Å². The quantitative estimate of drug-likeness (QED) is 0.858. The number of carboxylic acids is 1. The normalized spacial score (nSPS) is 11.4. The van der Waals surface area contributed by atoms with Gasteiger partial charge in [-0.2, -0.15) is 5.10 Å². The molecule has 0 aliphatic rings. The highest BCUT2D eigenvalue weighted by Gasteiger charge is 2.28. The molecule has 0 bridgehead atoms. The van der Waals surface area contributed by atoms with Crippen molar-refractivity contribution in [3.05, 3.63) is 11.4 Å². The van der Waals surface area contributed by atoms with Crippen LogP contribution in [0.1, 0.15) is 25.2 Å². The number of anilines is 1. The van der Waals surface area contributed by atoms with E-state index in [1.54, 1.807) is 25.6 Å². The van der Waals surface area contributed by atoms with Gasteiger partial charge in [0.25, 0.3) is 0 Å². The average molecular weight is 285 g/mol. The number of thioether (sulfide) groups is 1. The number of rotatable bonds is 5. The second-order valence-corrected chi connectivity index (χ2v) is 6.42. The van der Waals surface area contributed by atoms with Crippen LogP contribution in [0, 0.1) is 13.8 Å². The Labute approximate surface area is 116 Å². The molecular formula is C12H19N3O3S. The third-order valence-corrected chi connectivity index (χ3v) is 4.16. The lowest BCUT2D eigenvalue weighted by atomic mass is 10.2. The third kappa shape index (κ3) is 3.73. The Morgan fingerprint density at radius 2 is 2.00 bits per heavy atom. The van der Waals surface area contributed by atoms with Crippen LogP contribution in [0.3, 0.4) is 0 Å². The zero-order valence-electron chi connectivity index (χ0n) is 11.8. The molecular weight excluding hydrogens is 266 g/mol. The second kappa shape index (κ2) is 5.64. The molecule has 19 heavy (non-hydrogen) atoms. The summed E-state index contributed by atoms with van der Waals surface area (Å²) in [5.41, 5.74) is 2.31. The van der Waals surface area contributed by atoms with E-state index in [2.05, 4.69) is 10.4 Å². The van der Waals surface area contributed by atoms with Crippen molar-refractivity contribution in [3.8, 4) is 0 Å². The van der Waals surface area contributed by atoms with Crippen LogP contribution in [0.2, 0.25) is 0 Å². The first-order valence-electron chi connectivity index (χ1n) is 5.82. The number of carbonyl (C=O) groups excluding carboxylic acids is 1. The summed E-state index contributed by atoms with van der Waals surface area (Å²) >= 11 is 1.09. The molecule has 1 heterocycles. The number of carboxylic acid groups (broad SMARTS) is 1. The Morgan fingerprint density at radius 3 is 2.42 bits per heavy atom. The predicted octanol–water partition coefficient (Wildman–Crippen LogP) is 1.57. The molecule has 106 valence electrons. The van der Waals surface area contributed by atoms with E-state index in [1.165, 1.54) is 0 Å². The molecule has 0 unspecified atom stereocenters. The van der Waals surface area contributed by atoms with Gasteiger partial charge in [-0.1, -0.05) is 0 Å². The molecule has 1 amide bonds. The Balaban J connectivity index is 2.64. The summed E-state index contributed by atoms with van der Waals surface area (Å²) in [6.07, 6.45) is 0. The van der Waals surface area contributed by atoms with E-state index in [9.17, 15) is 9.59 Å². The van der Waals surface area contributed by atoms with Crippen molar-refractivity contribution < 1.29 is 14.7 Å². The second-order valence-electron chi connectivity index (χ2n) is 4.82. The molecule has 1 aromatic heterocycles. The minimum atomic E-state index is -0.976. The van der Waals surface area contributed by atoms with Crippen LogP contribution < -0.4 is 5.32 Å². The highest BCUT2D eigenvalue weighted by molar-refractivity contribution is 8.02. The van der Waals surface area contributed by atoms with E-state index in [0.29, 0.717) is 5.69 Å². The van der Waals surface area contributed by atoms with Crippen LogP contribution in [0.5, 0.6) is 0 Å². The van der Waals surface area contributed by atoms with Gasteiger partial charge in [-0.15, -0.1) is 11.8 Å². The number of nitrogens with zero attached hydrogens (tertiary/aromatic N) is 2. The molecule has 0 atom stereocenters. The maximum Gasteiger partial charge on any atom is 0.319 e. The Hall–Kier alpha value is -1.50. The van der Waals surface area contributed by atoms with E-state index in [0.717, 1.165) is 23.1 Å². The molecule has 0 aromatic carbocycles. The average Bonchev–Trinajstić information content (AvgIpc) is 2.53. The van der Waals surface area contributed by atoms with Crippen LogP contribution >= 0.6 is 11.8 Å². The van der Waals surface area contributed by atoms with Crippen molar-refractivity contribution in [2.75, 3.05) is 11.1 Å². The van der Waals surface area contributed by atoms with Gasteiger partial charge in [0.05, 0.1) is 22.8 Å². The lowest BCUT2D eigenvalue weighted by molar-refractivity contribution is -0.138. The zero-order valence-corrected chi connectivity index (χ0v) is 12.6. The topological polar surface area (TPSA) is 84.2 Å². The van der Waals surface area contributed by atoms with Crippen LogP contribution in [0.4, 0.5) is 5.69 Å². The van der Waals surface area contributed by atoms with Crippen LogP contribution in [-0.2, 0) is 16.6 Å². The van der Waals surface area contributed by atoms with E-state index in [4.69, 9.17) is 5.11 Å². The van der Waals surface area contributed by atoms with E-state index >= 15 is 0 Å². The van der Waals surface area contributed by atoms with Gasteiger partial charge in [0.1, 0.15) is 4.75 Å². The first kappa shape index (κ1) is 15.6. The zero-order chi connectivity index (χ0) is 14.8. The molecule has 0 aliphatic heterocycles. The van der Waals surface area contributed by atoms with Gasteiger partial charge in [-0.25, -0.2) is 0 Å². The number of aliphatic carboxylic acids is 1. The standard InChI is InChI=1S/C12H19N3O3S/c1-7-10(8(2)15(5)14-7)13-9(16)6-19-12(3,4)11(17)18/h6H2,1-5H3,(H,13,16)(H,17,18). The minimum Gasteiger partial charge on any atom is -0.480 e. The molecule has 1 rings (SSSR count). The van der Waals surface area contributed by atoms with E-state index in [-0.39, 0.29) is 11.7 Å². The van der Waals surface area contributed by atoms with Crippen molar-refractivity contribution in [3.63, 3.8) is 0 Å². The molecule has 0 radical (unpaired) electrons. The summed E-state index contributed by atoms with van der Waals surface area (Å²) in [7, 11) is 1.81. The third-order valence-electron chi connectivity index (χ3n) is 2.85. The van der Waals surface area contributed by atoms with Gasteiger partial charge in [0.2, 0.25) is 5.91 Å². The Morgan fingerprint density at radius 1 is 1.42 bits per heavy atom. The van der Waals surface area contributed by atoms with Crippen molar-refractivity contribution in [1.82, 2.24) is 9.78 Å². The van der Waals surface area contributed by atoms with Gasteiger partial charge in [0.15, 0.2) is 0 Å². The lowest BCUT2D eigenvalue weighted by Gasteiger charge is -2.17. The van der Waals surface area contributed by atoms with Crippen LogP contribution in [0.15, 0.2) is 0 Å². The summed E-state index contributed by atoms with van der Waals surface area (Å²) in [6, 6.07) is 0. The maximum absolute atomic E-state index is 11.8. The summed E-state index contributed by atoms with van der Waals surface area (Å²) < 4.78 is 0.718. The first-order chi connectivity index (χ1) is 8.65. The first-order valence-corrected chi connectivity index (χ1v) is 6.81. The number of carbonyl (C=O) groups is 2. The van der Waals surface area contributed by atoms with Crippen LogP contribution in [-0.4, -0.2) is 37.3 Å². The molecule has 7 heteroatoms. The largest absolute Gasteiger partial charge is 0.480 e. The fourth-order valence-electron chi connectivity index (χ4n) is 1.44. The minimum absolute atomic E-state index is 0.0904. The molecule has 2 N–H and O–H groups in total. The van der Waals surface area contributed by atoms with Crippen molar-refractivity contribution in [2.45, 2.75) is 32.4 Å².